The van der Waals surface area contributed by atoms with Crippen LogP contribution < -0.4 is 4.74 Å². The van der Waals surface area contributed by atoms with Gasteiger partial charge in [-0.3, -0.25) is 0 Å². The van der Waals surface area contributed by atoms with Gasteiger partial charge in [0.1, 0.15) is 23.9 Å². The molecule has 0 saturated carbocycles. The van der Waals surface area contributed by atoms with Crippen LogP contribution in [0.15, 0.2) is 30.6 Å². The maximum absolute atomic E-state index is 13.3. The quantitative estimate of drug-likeness (QED) is 0.0668. The number of unbranched alkanes of at least 4 members (excludes halogenated alkanes) is 11. The number of methoxy groups -OCH3 is 1. The molecule has 2 aromatic heterocycles. The predicted octanol–water partition coefficient (Wildman–Crippen LogP) is 8.52. The van der Waals surface area contributed by atoms with Crippen molar-refractivity contribution in [3.63, 3.8) is 0 Å². The minimum absolute atomic E-state index is 0.0139. The summed E-state index contributed by atoms with van der Waals surface area (Å²) in [6, 6.07) is 6.87. The molecule has 0 radical (unpaired) electrons. The Kier molecular flexibility index (Phi) is 13.1. The summed E-state index contributed by atoms with van der Waals surface area (Å²) in [6.45, 7) is 2.42. The molecular formula is C29H40Cl2N4O3. The first-order valence-electron chi connectivity index (χ1n) is 13.9. The van der Waals surface area contributed by atoms with Gasteiger partial charge in [0.15, 0.2) is 10.8 Å². The number of aromatic nitrogens is 4. The fraction of sp³-hybridized carbons (Fsp3) is 0.586. The number of carbonyl (C=O) groups is 1. The monoisotopic (exact) mass is 562 g/mol. The van der Waals surface area contributed by atoms with E-state index in [0.717, 1.165) is 30.6 Å². The molecule has 0 spiro atoms. The van der Waals surface area contributed by atoms with Crippen LogP contribution in [0.25, 0.3) is 11.2 Å². The zero-order valence-corrected chi connectivity index (χ0v) is 24.1. The van der Waals surface area contributed by atoms with E-state index in [2.05, 4.69) is 21.9 Å². The first-order valence-corrected chi connectivity index (χ1v) is 14.6. The van der Waals surface area contributed by atoms with E-state index in [4.69, 9.17) is 32.7 Å². The number of ether oxygens (including phenoxy) is 2. The third kappa shape index (κ3) is 9.42. The average Bonchev–Trinajstić information content (AvgIpc) is 3.34. The molecule has 0 fully saturated rings. The molecule has 0 amide bonds. The molecule has 0 aliphatic heterocycles. The summed E-state index contributed by atoms with van der Waals surface area (Å²) in [5, 5.41) is 0.175. The normalized spacial score (nSPS) is 12.1. The van der Waals surface area contributed by atoms with Crippen molar-refractivity contribution in [2.45, 2.75) is 103 Å². The van der Waals surface area contributed by atoms with Crippen molar-refractivity contribution in [1.29, 1.82) is 0 Å². The Morgan fingerprint density at radius 1 is 0.895 bits per heavy atom. The molecule has 0 aliphatic rings. The zero-order valence-electron chi connectivity index (χ0n) is 22.6. The Morgan fingerprint density at radius 2 is 1.50 bits per heavy atom. The lowest BCUT2D eigenvalue weighted by molar-refractivity contribution is -0.149. The maximum Gasteiger partial charge on any atom is 0.329 e. The highest BCUT2D eigenvalue weighted by molar-refractivity contribution is 6.35. The highest BCUT2D eigenvalue weighted by atomic mass is 35.5. The number of benzene rings is 1. The summed E-state index contributed by atoms with van der Waals surface area (Å²) in [5.74, 6) is 0.414. The van der Waals surface area contributed by atoms with Gasteiger partial charge >= 0.3 is 5.97 Å². The SMILES string of the molecule is CCCCCCCCCCCCCCC(C(=O)OCc1ccc(OC)cc1)n1cnc2c(Cl)nc(Cl)nc21. The summed E-state index contributed by atoms with van der Waals surface area (Å²) in [5.41, 5.74) is 1.73. The Hall–Kier alpha value is -2.38. The van der Waals surface area contributed by atoms with Crippen molar-refractivity contribution in [1.82, 2.24) is 19.5 Å². The summed E-state index contributed by atoms with van der Waals surface area (Å²) in [7, 11) is 1.62. The van der Waals surface area contributed by atoms with E-state index in [1.807, 2.05) is 24.3 Å². The van der Waals surface area contributed by atoms with Gasteiger partial charge in [0.2, 0.25) is 5.28 Å². The lowest BCUT2D eigenvalue weighted by atomic mass is 10.0. The maximum atomic E-state index is 13.3. The van der Waals surface area contributed by atoms with Crippen LogP contribution in [0.1, 0.15) is 102 Å². The molecule has 9 heteroatoms. The van der Waals surface area contributed by atoms with Crippen LogP contribution in [0.3, 0.4) is 0 Å². The van der Waals surface area contributed by atoms with E-state index in [-0.39, 0.29) is 23.0 Å². The smallest absolute Gasteiger partial charge is 0.329 e. The number of halogens is 2. The van der Waals surface area contributed by atoms with E-state index in [1.54, 1.807) is 18.0 Å². The molecule has 1 atom stereocenters. The molecule has 208 valence electrons. The number of esters is 1. The van der Waals surface area contributed by atoms with Gasteiger partial charge < -0.3 is 14.0 Å². The van der Waals surface area contributed by atoms with E-state index in [0.29, 0.717) is 17.6 Å². The molecule has 3 aromatic rings. The van der Waals surface area contributed by atoms with Gasteiger partial charge in [0.25, 0.3) is 0 Å². The van der Waals surface area contributed by atoms with Crippen LogP contribution in [0.5, 0.6) is 5.75 Å². The summed E-state index contributed by atoms with van der Waals surface area (Å²) >= 11 is 12.3. The van der Waals surface area contributed by atoms with Gasteiger partial charge in [-0.15, -0.1) is 0 Å². The lowest BCUT2D eigenvalue weighted by Gasteiger charge is -2.18. The standard InChI is InChI=1S/C29H40Cl2N4O3/c1-3-4-5-6-7-8-9-10-11-12-13-14-15-24(28(36)38-20-22-16-18-23(37-2)19-17-22)35-21-32-25-26(30)33-29(31)34-27(25)35/h16-19,21,24H,3-15,20H2,1-2H3. The molecule has 1 unspecified atom stereocenters. The van der Waals surface area contributed by atoms with Gasteiger partial charge in [-0.2, -0.15) is 4.98 Å². The predicted molar refractivity (Wildman–Crippen MR) is 153 cm³/mol. The largest absolute Gasteiger partial charge is 0.497 e. The molecule has 0 bridgehead atoms. The Bertz CT molecular complexity index is 1120. The van der Waals surface area contributed by atoms with E-state index in [9.17, 15) is 4.79 Å². The number of rotatable bonds is 18. The number of fused-ring (bicyclic) bond motifs is 1. The van der Waals surface area contributed by atoms with Crippen LogP contribution in [0.2, 0.25) is 10.4 Å². The van der Waals surface area contributed by atoms with E-state index in [1.165, 1.54) is 57.8 Å². The fourth-order valence-corrected chi connectivity index (χ4v) is 5.03. The fourth-order valence-electron chi connectivity index (χ4n) is 4.61. The third-order valence-corrected chi connectivity index (χ3v) is 7.26. The third-order valence-electron chi connectivity index (χ3n) is 6.83. The van der Waals surface area contributed by atoms with Gasteiger partial charge in [-0.1, -0.05) is 108 Å². The molecule has 7 nitrogen and oxygen atoms in total. The van der Waals surface area contributed by atoms with E-state index >= 15 is 0 Å². The second-order valence-electron chi connectivity index (χ2n) is 9.76. The van der Waals surface area contributed by atoms with Crippen LogP contribution in [-0.2, 0) is 16.1 Å². The van der Waals surface area contributed by atoms with Crippen LogP contribution >= 0.6 is 23.2 Å². The molecular weight excluding hydrogens is 523 g/mol. The van der Waals surface area contributed by atoms with Crippen molar-refractivity contribution in [2.24, 2.45) is 0 Å². The first kappa shape index (κ1) is 30.2. The number of hydrogen-bond acceptors (Lipinski definition) is 6. The van der Waals surface area contributed by atoms with Crippen LogP contribution in [-0.4, -0.2) is 32.6 Å². The average molecular weight is 564 g/mol. The van der Waals surface area contributed by atoms with Gasteiger partial charge in [-0.05, 0) is 35.7 Å². The second kappa shape index (κ2) is 16.6. The van der Waals surface area contributed by atoms with Gasteiger partial charge in [-0.25, -0.2) is 14.8 Å². The molecule has 1 aromatic carbocycles. The van der Waals surface area contributed by atoms with Gasteiger partial charge in [0.05, 0.1) is 13.4 Å². The topological polar surface area (TPSA) is 79.1 Å². The number of imidazole rings is 1. The van der Waals surface area contributed by atoms with Gasteiger partial charge in [0, 0.05) is 0 Å². The summed E-state index contributed by atoms with van der Waals surface area (Å²) < 4.78 is 12.6. The Morgan fingerprint density at radius 3 is 2.11 bits per heavy atom. The number of hydrogen-bond donors (Lipinski definition) is 0. The van der Waals surface area contributed by atoms with Crippen molar-refractivity contribution >= 4 is 40.3 Å². The van der Waals surface area contributed by atoms with E-state index < -0.39 is 6.04 Å². The van der Waals surface area contributed by atoms with Crippen molar-refractivity contribution in [2.75, 3.05) is 7.11 Å². The van der Waals surface area contributed by atoms with Crippen molar-refractivity contribution in [3.8, 4) is 5.75 Å². The van der Waals surface area contributed by atoms with Crippen LogP contribution in [0, 0.1) is 0 Å². The summed E-state index contributed by atoms with van der Waals surface area (Å²) in [6.07, 6.45) is 17.2. The molecule has 0 saturated heterocycles. The molecule has 0 aliphatic carbocycles. The second-order valence-corrected chi connectivity index (χ2v) is 10.5. The molecule has 3 rings (SSSR count). The summed E-state index contributed by atoms with van der Waals surface area (Å²) in [4.78, 5) is 25.9. The minimum atomic E-state index is -0.580. The molecule has 38 heavy (non-hydrogen) atoms. The molecule has 2 heterocycles. The Labute approximate surface area is 236 Å². The lowest BCUT2D eigenvalue weighted by Crippen LogP contribution is -2.22. The zero-order chi connectivity index (χ0) is 27.2. The highest BCUT2D eigenvalue weighted by Gasteiger charge is 2.25. The number of carbonyl (C=O) groups excluding carboxylic acids is 1. The first-order chi connectivity index (χ1) is 18.5. The Balaban J connectivity index is 1.53. The van der Waals surface area contributed by atoms with Crippen molar-refractivity contribution in [3.05, 3.63) is 46.6 Å². The molecule has 0 N–H and O–H groups in total. The van der Waals surface area contributed by atoms with Crippen LogP contribution in [0.4, 0.5) is 0 Å². The minimum Gasteiger partial charge on any atom is -0.497 e. The highest BCUT2D eigenvalue weighted by Crippen LogP contribution is 2.27. The number of nitrogens with zero attached hydrogens (tertiary/aromatic N) is 4. The van der Waals surface area contributed by atoms with Crippen molar-refractivity contribution < 1.29 is 14.3 Å².